The Kier molecular flexibility index (Phi) is 21.9. The standard InChI is InChI=1S/C33H66N2/c1-5-7-9-11-13-14-15-16-17-18-19-20-21-22-23-25-27-29-34-30-31-35(32(3)4)33(34)28-26-24-12-10-8-6-2/h30-33H,5-29H2,1-4H3. The van der Waals surface area contributed by atoms with Crippen LogP contribution in [-0.4, -0.2) is 28.6 Å². The monoisotopic (exact) mass is 491 g/mol. The van der Waals surface area contributed by atoms with E-state index in [-0.39, 0.29) is 0 Å². The van der Waals surface area contributed by atoms with Gasteiger partial charge in [-0.05, 0) is 33.1 Å². The fourth-order valence-corrected chi connectivity index (χ4v) is 5.71. The Morgan fingerprint density at radius 3 is 1.26 bits per heavy atom. The zero-order valence-electron chi connectivity index (χ0n) is 24.9. The summed E-state index contributed by atoms with van der Waals surface area (Å²) in [4.78, 5) is 5.25. The van der Waals surface area contributed by atoms with Crippen molar-refractivity contribution in [2.45, 2.75) is 194 Å². The van der Waals surface area contributed by atoms with Gasteiger partial charge in [0.15, 0.2) is 0 Å². The van der Waals surface area contributed by atoms with Crippen molar-refractivity contribution in [3.8, 4) is 0 Å². The molecule has 0 fully saturated rings. The second-order valence-electron chi connectivity index (χ2n) is 11.8. The predicted molar refractivity (Wildman–Crippen MR) is 159 cm³/mol. The van der Waals surface area contributed by atoms with Gasteiger partial charge in [-0.15, -0.1) is 0 Å². The summed E-state index contributed by atoms with van der Waals surface area (Å²) in [6.45, 7) is 10.6. The average Bonchev–Trinajstić information content (AvgIpc) is 3.26. The Morgan fingerprint density at radius 2 is 0.857 bits per heavy atom. The Balaban J connectivity index is 1.96. The van der Waals surface area contributed by atoms with Crippen LogP contribution in [-0.2, 0) is 0 Å². The van der Waals surface area contributed by atoms with Gasteiger partial charge in [0.1, 0.15) is 6.17 Å². The van der Waals surface area contributed by atoms with E-state index in [0.29, 0.717) is 12.2 Å². The van der Waals surface area contributed by atoms with Crippen LogP contribution in [0.25, 0.3) is 0 Å². The smallest absolute Gasteiger partial charge is 0.101 e. The number of rotatable bonds is 26. The molecule has 0 bridgehead atoms. The molecule has 0 spiro atoms. The van der Waals surface area contributed by atoms with Crippen molar-refractivity contribution < 1.29 is 0 Å². The van der Waals surface area contributed by atoms with E-state index in [0.717, 1.165) is 0 Å². The van der Waals surface area contributed by atoms with Crippen molar-refractivity contribution >= 4 is 0 Å². The molecule has 2 heteroatoms. The van der Waals surface area contributed by atoms with Gasteiger partial charge >= 0.3 is 0 Å². The van der Waals surface area contributed by atoms with Crippen LogP contribution in [0.2, 0.25) is 0 Å². The second kappa shape index (κ2) is 23.7. The van der Waals surface area contributed by atoms with Crippen LogP contribution in [0.3, 0.4) is 0 Å². The lowest BCUT2D eigenvalue weighted by atomic mass is 10.0. The van der Waals surface area contributed by atoms with Gasteiger partial charge in [0.2, 0.25) is 0 Å². The molecule has 0 aromatic rings. The minimum absolute atomic E-state index is 0.608. The van der Waals surface area contributed by atoms with Crippen molar-refractivity contribution in [1.82, 2.24) is 9.80 Å². The zero-order valence-corrected chi connectivity index (χ0v) is 24.9. The molecule has 1 heterocycles. The van der Waals surface area contributed by atoms with Crippen molar-refractivity contribution in [3.63, 3.8) is 0 Å². The molecule has 1 aliphatic rings. The summed E-state index contributed by atoms with van der Waals surface area (Å²) in [5, 5.41) is 0. The molecular weight excluding hydrogens is 424 g/mol. The third-order valence-corrected chi connectivity index (χ3v) is 8.09. The predicted octanol–water partition coefficient (Wildman–Crippen LogP) is 11.2. The highest BCUT2D eigenvalue weighted by Crippen LogP contribution is 2.25. The molecule has 35 heavy (non-hydrogen) atoms. The van der Waals surface area contributed by atoms with E-state index in [2.05, 4.69) is 49.9 Å². The molecule has 0 aromatic heterocycles. The highest BCUT2D eigenvalue weighted by Gasteiger charge is 2.26. The molecule has 1 atom stereocenters. The van der Waals surface area contributed by atoms with Crippen molar-refractivity contribution in [2.75, 3.05) is 6.54 Å². The SMILES string of the molecule is CCCCCCCCCCCCCCCCCCCN1C=CN(C(C)C)C1CCCCCCCC. The van der Waals surface area contributed by atoms with E-state index in [1.54, 1.807) is 0 Å². The normalized spacial score (nSPS) is 15.7. The largest absolute Gasteiger partial charge is 0.356 e. The molecule has 0 saturated carbocycles. The molecule has 0 aliphatic carbocycles. The third-order valence-electron chi connectivity index (χ3n) is 8.09. The van der Waals surface area contributed by atoms with Gasteiger partial charge in [-0.25, -0.2) is 0 Å². The molecule has 2 nitrogen and oxygen atoms in total. The molecule has 1 aliphatic heterocycles. The highest BCUT2D eigenvalue weighted by molar-refractivity contribution is 4.98. The summed E-state index contributed by atoms with van der Waals surface area (Å²) in [7, 11) is 0. The van der Waals surface area contributed by atoms with Crippen LogP contribution in [0.15, 0.2) is 12.4 Å². The topological polar surface area (TPSA) is 6.48 Å². The first-order valence-corrected chi connectivity index (χ1v) is 16.4. The lowest BCUT2D eigenvalue weighted by Crippen LogP contribution is -2.42. The molecule has 1 rings (SSSR count). The van der Waals surface area contributed by atoms with E-state index < -0.39 is 0 Å². The summed E-state index contributed by atoms with van der Waals surface area (Å²) in [6, 6.07) is 0.608. The van der Waals surface area contributed by atoms with Crippen LogP contribution in [0, 0.1) is 0 Å². The second-order valence-corrected chi connectivity index (χ2v) is 11.8. The van der Waals surface area contributed by atoms with Gasteiger partial charge in [0.05, 0.1) is 0 Å². The van der Waals surface area contributed by atoms with Gasteiger partial charge in [0.25, 0.3) is 0 Å². The van der Waals surface area contributed by atoms with Gasteiger partial charge in [-0.2, -0.15) is 0 Å². The lowest BCUT2D eigenvalue weighted by molar-refractivity contribution is 0.114. The van der Waals surface area contributed by atoms with Crippen molar-refractivity contribution in [2.24, 2.45) is 0 Å². The maximum atomic E-state index is 2.65. The Morgan fingerprint density at radius 1 is 0.486 bits per heavy atom. The van der Waals surface area contributed by atoms with Crippen LogP contribution in [0.5, 0.6) is 0 Å². The van der Waals surface area contributed by atoms with Crippen LogP contribution in [0.1, 0.15) is 182 Å². The van der Waals surface area contributed by atoms with E-state index in [1.807, 2.05) is 0 Å². The van der Waals surface area contributed by atoms with Gasteiger partial charge < -0.3 is 9.80 Å². The summed E-state index contributed by atoms with van der Waals surface area (Å²) in [6.07, 6.45) is 39.8. The summed E-state index contributed by atoms with van der Waals surface area (Å²) >= 11 is 0. The molecule has 208 valence electrons. The number of hydrogen-bond acceptors (Lipinski definition) is 2. The summed E-state index contributed by atoms with van der Waals surface area (Å²) < 4.78 is 0. The minimum Gasteiger partial charge on any atom is -0.356 e. The number of unbranched alkanes of at least 4 members (excludes halogenated alkanes) is 21. The first-order chi connectivity index (χ1) is 17.2. The van der Waals surface area contributed by atoms with E-state index in [4.69, 9.17) is 0 Å². The van der Waals surface area contributed by atoms with Gasteiger partial charge in [-0.3, -0.25) is 0 Å². The maximum Gasteiger partial charge on any atom is 0.101 e. The van der Waals surface area contributed by atoms with Crippen LogP contribution < -0.4 is 0 Å². The third kappa shape index (κ3) is 17.4. The van der Waals surface area contributed by atoms with Crippen LogP contribution >= 0.6 is 0 Å². The maximum absolute atomic E-state index is 2.65. The van der Waals surface area contributed by atoms with Crippen LogP contribution in [0.4, 0.5) is 0 Å². The Hall–Kier alpha value is -0.660. The fraction of sp³-hybridized carbons (Fsp3) is 0.939. The molecule has 0 N–H and O–H groups in total. The van der Waals surface area contributed by atoms with E-state index >= 15 is 0 Å². The van der Waals surface area contributed by atoms with Crippen molar-refractivity contribution in [3.05, 3.63) is 12.4 Å². The van der Waals surface area contributed by atoms with E-state index in [1.165, 1.54) is 161 Å². The first kappa shape index (κ1) is 32.4. The quantitative estimate of drug-likeness (QED) is 0.111. The molecule has 0 amide bonds. The number of nitrogens with zero attached hydrogens (tertiary/aromatic N) is 2. The molecule has 0 radical (unpaired) electrons. The van der Waals surface area contributed by atoms with Gasteiger partial charge in [-0.1, -0.05) is 149 Å². The minimum atomic E-state index is 0.608. The Labute approximate surface area is 222 Å². The number of hydrogen-bond donors (Lipinski definition) is 0. The summed E-state index contributed by atoms with van der Waals surface area (Å²) in [5.74, 6) is 0. The first-order valence-electron chi connectivity index (χ1n) is 16.4. The van der Waals surface area contributed by atoms with E-state index in [9.17, 15) is 0 Å². The fourth-order valence-electron chi connectivity index (χ4n) is 5.71. The summed E-state index contributed by atoms with van der Waals surface area (Å²) in [5.41, 5.74) is 0. The van der Waals surface area contributed by atoms with Gasteiger partial charge in [0, 0.05) is 25.0 Å². The molecule has 0 aromatic carbocycles. The molecule has 0 saturated heterocycles. The molecular formula is C33H66N2. The van der Waals surface area contributed by atoms with Crippen molar-refractivity contribution in [1.29, 1.82) is 0 Å². The lowest BCUT2D eigenvalue weighted by Gasteiger charge is -2.35. The Bertz CT molecular complexity index is 458. The molecule has 1 unspecified atom stereocenters. The zero-order chi connectivity index (χ0) is 25.4. The highest BCUT2D eigenvalue weighted by atomic mass is 15.4. The average molecular weight is 491 g/mol.